The number of carbonyl (C=O) groups excluding carboxylic acids is 1. The lowest BCUT2D eigenvalue weighted by atomic mass is 10.1. The van der Waals surface area contributed by atoms with Gasteiger partial charge >= 0.3 is 0 Å². The molecule has 138 valence electrons. The maximum Gasteiger partial charge on any atom is 0.251 e. The summed E-state index contributed by atoms with van der Waals surface area (Å²) in [4.78, 5) is 12.4. The molecule has 5 nitrogen and oxygen atoms in total. The van der Waals surface area contributed by atoms with Gasteiger partial charge in [-0.05, 0) is 50.1 Å². The molecule has 1 aliphatic rings. The first kappa shape index (κ1) is 18.5. The van der Waals surface area contributed by atoms with Crippen LogP contribution in [0.5, 0.6) is 0 Å². The molecule has 2 aromatic carbocycles. The van der Waals surface area contributed by atoms with Gasteiger partial charge in [0.15, 0.2) is 0 Å². The molecule has 26 heavy (non-hydrogen) atoms. The number of benzene rings is 2. The van der Waals surface area contributed by atoms with Crippen molar-refractivity contribution in [2.45, 2.75) is 36.7 Å². The summed E-state index contributed by atoms with van der Waals surface area (Å²) in [6.07, 6.45) is 1.66. The molecule has 0 saturated heterocycles. The number of hydrogen-bond donors (Lipinski definition) is 2. The Morgan fingerprint density at radius 3 is 2.35 bits per heavy atom. The number of amides is 1. The van der Waals surface area contributed by atoms with Crippen LogP contribution in [0, 0.1) is 11.6 Å². The van der Waals surface area contributed by atoms with Crippen molar-refractivity contribution in [2.75, 3.05) is 0 Å². The fourth-order valence-corrected chi connectivity index (χ4v) is 3.79. The van der Waals surface area contributed by atoms with Crippen LogP contribution in [-0.2, 0) is 10.0 Å². The second-order valence-corrected chi connectivity index (χ2v) is 7.99. The quantitative estimate of drug-likeness (QED) is 0.809. The lowest BCUT2D eigenvalue weighted by molar-refractivity contribution is 0.0939. The Morgan fingerprint density at radius 2 is 1.77 bits per heavy atom. The molecule has 1 saturated carbocycles. The van der Waals surface area contributed by atoms with Crippen molar-refractivity contribution in [2.24, 2.45) is 0 Å². The van der Waals surface area contributed by atoms with Crippen LogP contribution in [0.3, 0.4) is 0 Å². The van der Waals surface area contributed by atoms with E-state index in [1.807, 2.05) is 0 Å². The van der Waals surface area contributed by atoms with Crippen LogP contribution in [-0.4, -0.2) is 20.4 Å². The first-order valence-corrected chi connectivity index (χ1v) is 9.63. The van der Waals surface area contributed by atoms with Gasteiger partial charge in [-0.2, -0.15) is 0 Å². The minimum Gasteiger partial charge on any atom is -0.345 e. The third-order valence-corrected chi connectivity index (χ3v) is 5.64. The average molecular weight is 380 g/mol. The van der Waals surface area contributed by atoms with Gasteiger partial charge in [-0.25, -0.2) is 21.9 Å². The molecule has 1 aliphatic carbocycles. The van der Waals surface area contributed by atoms with E-state index in [0.717, 1.165) is 25.0 Å². The SMILES string of the molecule is C[C@@H](NC(=O)c1ccc(S(=O)(=O)NC2CC2)cc1)c1ccc(F)cc1F. The summed E-state index contributed by atoms with van der Waals surface area (Å²) in [6, 6.07) is 7.95. The summed E-state index contributed by atoms with van der Waals surface area (Å²) in [7, 11) is -3.58. The third-order valence-electron chi connectivity index (χ3n) is 4.10. The van der Waals surface area contributed by atoms with Gasteiger partial charge in [-0.1, -0.05) is 6.07 Å². The van der Waals surface area contributed by atoms with E-state index in [1.165, 1.54) is 30.3 Å². The van der Waals surface area contributed by atoms with Crippen LogP contribution >= 0.6 is 0 Å². The highest BCUT2D eigenvalue weighted by molar-refractivity contribution is 7.89. The van der Waals surface area contributed by atoms with Crippen LogP contribution < -0.4 is 10.0 Å². The first-order valence-electron chi connectivity index (χ1n) is 8.14. The van der Waals surface area contributed by atoms with E-state index in [9.17, 15) is 22.0 Å². The van der Waals surface area contributed by atoms with E-state index in [4.69, 9.17) is 0 Å². The number of rotatable bonds is 6. The number of hydrogen-bond acceptors (Lipinski definition) is 3. The highest BCUT2D eigenvalue weighted by Gasteiger charge is 2.28. The lowest BCUT2D eigenvalue weighted by Crippen LogP contribution is -2.28. The zero-order valence-electron chi connectivity index (χ0n) is 14.0. The molecule has 1 fully saturated rings. The Labute approximate surface area is 150 Å². The summed E-state index contributed by atoms with van der Waals surface area (Å²) in [5.41, 5.74) is 0.400. The standard InChI is InChI=1S/C18H18F2N2O3S/c1-11(16-9-4-13(19)10-17(16)20)21-18(23)12-2-7-15(8-3-12)26(24,25)22-14-5-6-14/h2-4,7-11,14,22H,5-6H2,1H3,(H,21,23)/t11-/m1/s1. The molecule has 2 aromatic rings. The van der Waals surface area contributed by atoms with Gasteiger partial charge < -0.3 is 5.32 Å². The molecule has 0 radical (unpaired) electrons. The van der Waals surface area contributed by atoms with E-state index >= 15 is 0 Å². The molecule has 0 unspecified atom stereocenters. The van der Waals surface area contributed by atoms with E-state index in [1.54, 1.807) is 6.92 Å². The molecule has 0 bridgehead atoms. The summed E-state index contributed by atoms with van der Waals surface area (Å²) >= 11 is 0. The molecule has 2 N–H and O–H groups in total. The third kappa shape index (κ3) is 4.25. The highest BCUT2D eigenvalue weighted by Crippen LogP contribution is 2.22. The smallest absolute Gasteiger partial charge is 0.251 e. The van der Waals surface area contributed by atoms with Gasteiger partial charge in [0.05, 0.1) is 10.9 Å². The number of halogens is 2. The predicted octanol–water partition coefficient (Wildman–Crippen LogP) is 2.90. The normalized spacial score (nSPS) is 15.5. The van der Waals surface area contributed by atoms with E-state index in [0.29, 0.717) is 0 Å². The Kier molecular flexibility index (Phi) is 5.06. The van der Waals surface area contributed by atoms with Crippen LogP contribution in [0.1, 0.15) is 41.7 Å². The van der Waals surface area contributed by atoms with Crippen molar-refractivity contribution in [3.8, 4) is 0 Å². The molecule has 1 atom stereocenters. The fourth-order valence-electron chi connectivity index (χ4n) is 2.48. The maximum atomic E-state index is 13.8. The second kappa shape index (κ2) is 7.13. The number of sulfonamides is 1. The molecular weight excluding hydrogens is 362 g/mol. The van der Waals surface area contributed by atoms with Crippen LogP contribution in [0.25, 0.3) is 0 Å². The maximum absolute atomic E-state index is 13.8. The number of nitrogens with one attached hydrogen (secondary N) is 2. The Bertz CT molecular complexity index is 926. The molecule has 1 amide bonds. The molecule has 0 spiro atoms. The lowest BCUT2D eigenvalue weighted by Gasteiger charge is -2.15. The van der Waals surface area contributed by atoms with Crippen molar-refractivity contribution < 1.29 is 22.0 Å². The van der Waals surface area contributed by atoms with E-state index < -0.39 is 33.6 Å². The summed E-state index contributed by atoms with van der Waals surface area (Å²) in [5.74, 6) is -1.92. The molecule has 0 heterocycles. The zero-order valence-corrected chi connectivity index (χ0v) is 14.8. The Balaban J connectivity index is 1.69. The largest absolute Gasteiger partial charge is 0.345 e. The topological polar surface area (TPSA) is 75.3 Å². The average Bonchev–Trinajstić information content (AvgIpc) is 3.38. The summed E-state index contributed by atoms with van der Waals surface area (Å²) < 4.78 is 53.5. The van der Waals surface area contributed by atoms with Gasteiger partial charge in [0.25, 0.3) is 5.91 Å². The minimum absolute atomic E-state index is 0.00516. The summed E-state index contributed by atoms with van der Waals surface area (Å²) in [5, 5.41) is 2.61. The Morgan fingerprint density at radius 1 is 1.12 bits per heavy atom. The van der Waals surface area contributed by atoms with Crippen molar-refractivity contribution >= 4 is 15.9 Å². The van der Waals surface area contributed by atoms with Crippen molar-refractivity contribution in [1.29, 1.82) is 0 Å². The van der Waals surface area contributed by atoms with E-state index in [2.05, 4.69) is 10.0 Å². The summed E-state index contributed by atoms with van der Waals surface area (Å²) in [6.45, 7) is 1.58. The van der Waals surface area contributed by atoms with Crippen molar-refractivity contribution in [3.63, 3.8) is 0 Å². The number of carbonyl (C=O) groups is 1. The van der Waals surface area contributed by atoms with Crippen molar-refractivity contribution in [1.82, 2.24) is 10.0 Å². The zero-order chi connectivity index (χ0) is 18.9. The molecule has 0 aliphatic heterocycles. The van der Waals surface area contributed by atoms with Gasteiger partial charge in [0.1, 0.15) is 11.6 Å². The molecule has 3 rings (SSSR count). The van der Waals surface area contributed by atoms with Gasteiger partial charge in [-0.15, -0.1) is 0 Å². The monoisotopic (exact) mass is 380 g/mol. The highest BCUT2D eigenvalue weighted by atomic mass is 32.2. The van der Waals surface area contributed by atoms with Gasteiger partial charge in [0, 0.05) is 23.2 Å². The van der Waals surface area contributed by atoms with Gasteiger partial charge in [-0.3, -0.25) is 4.79 Å². The molecule has 8 heteroatoms. The fraction of sp³-hybridized carbons (Fsp3) is 0.278. The van der Waals surface area contributed by atoms with Crippen LogP contribution in [0.15, 0.2) is 47.4 Å². The van der Waals surface area contributed by atoms with Crippen molar-refractivity contribution in [3.05, 3.63) is 65.2 Å². The van der Waals surface area contributed by atoms with Crippen LogP contribution in [0.2, 0.25) is 0 Å². The minimum atomic E-state index is -3.58. The molecule has 0 aromatic heterocycles. The second-order valence-electron chi connectivity index (χ2n) is 6.28. The predicted molar refractivity (Wildman–Crippen MR) is 92.0 cm³/mol. The molecular formula is C18H18F2N2O3S. The van der Waals surface area contributed by atoms with E-state index in [-0.39, 0.29) is 22.1 Å². The van der Waals surface area contributed by atoms with Crippen LogP contribution in [0.4, 0.5) is 8.78 Å². The Hall–Kier alpha value is -2.32. The van der Waals surface area contributed by atoms with Gasteiger partial charge in [0.2, 0.25) is 10.0 Å². The first-order chi connectivity index (χ1) is 12.3.